The highest BCUT2D eigenvalue weighted by atomic mass is 32.2. The molecule has 2 aliphatic heterocycles. The van der Waals surface area contributed by atoms with Crippen LogP contribution in [0.15, 0.2) is 51.5 Å². The highest BCUT2D eigenvalue weighted by Gasteiger charge is 2.53. The van der Waals surface area contributed by atoms with Gasteiger partial charge < -0.3 is 37.0 Å². The summed E-state index contributed by atoms with van der Waals surface area (Å²) in [7, 11) is 0. The molecule has 0 aromatic carbocycles. The molecule has 0 saturated carbocycles. The predicted molar refractivity (Wildman–Crippen MR) is 165 cm³/mol. The van der Waals surface area contributed by atoms with Gasteiger partial charge in [0, 0.05) is 36.6 Å². The molecule has 5 rings (SSSR count). The molecule has 2 atom stereocenters. The molecule has 7 N–H and O–H groups in total. The maximum Gasteiger partial charge on any atom is 0.350 e. The first kappa shape index (κ1) is 32.5. The van der Waals surface area contributed by atoms with Crippen LogP contribution in [0.3, 0.4) is 0 Å². The number of guanidine groups is 1. The van der Waals surface area contributed by atoms with Gasteiger partial charge in [0.1, 0.15) is 11.9 Å². The fraction of sp³-hybridized carbons (Fsp3) is 0.407. The molecule has 3 aromatic heterocycles. The number of aryl methyl sites for hydroxylation is 1. The van der Waals surface area contributed by atoms with E-state index >= 15 is 0 Å². The Balaban J connectivity index is 1.32. The third-order valence-electron chi connectivity index (χ3n) is 7.46. The van der Waals surface area contributed by atoms with Crippen LogP contribution in [0, 0.1) is 5.92 Å². The normalized spacial score (nSPS) is 18.3. The Kier molecular flexibility index (Phi) is 9.06. The number of hydrogen-bond acceptors (Lipinski definition) is 12. The summed E-state index contributed by atoms with van der Waals surface area (Å²) in [6.45, 7) is 3.85. The quantitative estimate of drug-likeness (QED) is 0.0382. The Bertz CT molecular complexity index is 1800. The highest BCUT2D eigenvalue weighted by molar-refractivity contribution is 8.00. The molecule has 0 spiro atoms. The van der Waals surface area contributed by atoms with Crippen LogP contribution in [-0.4, -0.2) is 82.8 Å². The molecule has 0 aliphatic carbocycles. The molecule has 0 unspecified atom stereocenters. The minimum atomic E-state index is -1.75. The van der Waals surface area contributed by atoms with Gasteiger partial charge in [-0.15, -0.1) is 27.6 Å². The van der Waals surface area contributed by atoms with E-state index in [0.29, 0.717) is 25.1 Å². The standard InChI is InChI=1S/C27H32N10O7S2/c1-27(2,24(42)43)44-33-19(16-13-46-26(30)32-16)17(38)10-15-21(39)37-20(23(40)41)14(12-45-22(15)37)11-35-7-4-18-34(8-9-36(18)35)6-3-5-31-25(28)29/h4,7-9,13,15,22H,3,5-6,10-12H2,1-2H3,(H7-,28,29,30,31,32,40,41,42,43)/b33-19-/t15-,22-/m1/s1. The smallest absolute Gasteiger partial charge is 0.350 e. The number of aromatic nitrogens is 4. The van der Waals surface area contributed by atoms with Crippen molar-refractivity contribution in [2.24, 2.45) is 27.5 Å². The fourth-order valence-electron chi connectivity index (χ4n) is 5.06. The average Bonchev–Trinajstić information content (AvgIpc) is 3.71. The summed E-state index contributed by atoms with van der Waals surface area (Å²) in [5.41, 5.74) is 15.7. The van der Waals surface area contributed by atoms with E-state index < -0.39 is 40.5 Å². The van der Waals surface area contributed by atoms with E-state index in [9.17, 15) is 29.4 Å². The lowest BCUT2D eigenvalue weighted by molar-refractivity contribution is -0.671. The summed E-state index contributed by atoms with van der Waals surface area (Å²) in [4.78, 5) is 65.0. The van der Waals surface area contributed by atoms with Gasteiger partial charge >= 0.3 is 11.6 Å². The van der Waals surface area contributed by atoms with Crippen molar-refractivity contribution in [1.29, 1.82) is 0 Å². The number of β-lactam (4-membered cyclic amide) rings is 1. The molecule has 46 heavy (non-hydrogen) atoms. The molecule has 244 valence electrons. The number of aliphatic imine (C=N–C) groups is 1. The van der Waals surface area contributed by atoms with Crippen molar-refractivity contribution in [3.05, 3.63) is 47.0 Å². The van der Waals surface area contributed by atoms with Crippen LogP contribution in [-0.2, 0) is 37.1 Å². The minimum Gasteiger partial charge on any atom is -0.543 e. The molecule has 19 heteroatoms. The lowest BCUT2D eigenvalue weighted by Crippen LogP contribution is -2.63. The van der Waals surface area contributed by atoms with Gasteiger partial charge in [-0.3, -0.25) is 19.5 Å². The van der Waals surface area contributed by atoms with Gasteiger partial charge in [-0.25, -0.2) is 19.0 Å². The van der Waals surface area contributed by atoms with Gasteiger partial charge in [0.15, 0.2) is 28.8 Å². The molecule has 17 nitrogen and oxygen atoms in total. The number of thiazole rings is 1. The van der Waals surface area contributed by atoms with Crippen LogP contribution >= 0.6 is 23.1 Å². The number of anilines is 1. The number of oxime groups is 1. The van der Waals surface area contributed by atoms with Crippen molar-refractivity contribution in [3.8, 4) is 0 Å². The number of ketones is 1. The Morgan fingerprint density at radius 2 is 2.04 bits per heavy atom. The van der Waals surface area contributed by atoms with E-state index in [1.807, 2.05) is 38.4 Å². The summed E-state index contributed by atoms with van der Waals surface area (Å²) in [6.07, 6.45) is 5.94. The summed E-state index contributed by atoms with van der Waals surface area (Å²) < 4.78 is 5.72. The third kappa shape index (κ3) is 6.41. The van der Waals surface area contributed by atoms with Crippen LogP contribution in [0.1, 0.15) is 32.4 Å². The maximum atomic E-state index is 13.4. The van der Waals surface area contributed by atoms with Crippen LogP contribution in [0.5, 0.6) is 0 Å². The van der Waals surface area contributed by atoms with Gasteiger partial charge in [-0.2, -0.15) is 0 Å². The molecule has 2 aliphatic rings. The van der Waals surface area contributed by atoms with E-state index in [1.165, 1.54) is 35.9 Å². The first-order chi connectivity index (χ1) is 21.8. The summed E-state index contributed by atoms with van der Waals surface area (Å²) >= 11 is 2.38. The number of carboxylic acids is 2. The van der Waals surface area contributed by atoms with E-state index in [2.05, 4.69) is 15.1 Å². The Morgan fingerprint density at radius 3 is 2.70 bits per heavy atom. The lowest BCUT2D eigenvalue weighted by atomic mass is 9.89. The van der Waals surface area contributed by atoms with E-state index in [1.54, 1.807) is 0 Å². The first-order valence-electron chi connectivity index (χ1n) is 14.0. The molecule has 5 heterocycles. The van der Waals surface area contributed by atoms with Crippen molar-refractivity contribution in [3.63, 3.8) is 0 Å². The van der Waals surface area contributed by atoms with E-state index in [-0.39, 0.29) is 46.9 Å². The Hall–Kier alpha value is -4.91. The largest absolute Gasteiger partial charge is 0.543 e. The summed E-state index contributed by atoms with van der Waals surface area (Å²) in [6, 6.07) is 1.89. The van der Waals surface area contributed by atoms with Crippen LogP contribution in [0.25, 0.3) is 5.65 Å². The second-order valence-electron chi connectivity index (χ2n) is 11.1. The van der Waals surface area contributed by atoms with E-state index in [4.69, 9.17) is 22.0 Å². The first-order valence-corrected chi connectivity index (χ1v) is 15.9. The molecule has 0 bridgehead atoms. The Morgan fingerprint density at radius 1 is 1.28 bits per heavy atom. The average molecular weight is 673 g/mol. The molecule has 1 saturated heterocycles. The molecule has 1 amide bonds. The number of imidazole rings is 1. The fourth-order valence-corrected chi connectivity index (χ4v) is 7.02. The second kappa shape index (κ2) is 12.8. The molecular weight excluding hydrogens is 640 g/mol. The monoisotopic (exact) mass is 672 g/mol. The number of carbonyl (C=O) groups excluding carboxylic acids is 3. The van der Waals surface area contributed by atoms with Crippen molar-refractivity contribution < 1.29 is 38.8 Å². The summed E-state index contributed by atoms with van der Waals surface area (Å²) in [5, 5.41) is 26.5. The zero-order valence-electron chi connectivity index (χ0n) is 24.9. The summed E-state index contributed by atoms with van der Waals surface area (Å²) in [5.74, 6) is -4.53. The second-order valence-corrected chi connectivity index (χ2v) is 13.1. The number of fused-ring (bicyclic) bond motifs is 2. The van der Waals surface area contributed by atoms with Gasteiger partial charge in [0.05, 0.1) is 42.2 Å². The van der Waals surface area contributed by atoms with Gasteiger partial charge in [0.2, 0.25) is 11.5 Å². The van der Waals surface area contributed by atoms with E-state index in [0.717, 1.165) is 17.0 Å². The zero-order chi connectivity index (χ0) is 33.3. The number of carbonyl (C=O) groups is 4. The molecule has 1 fully saturated rings. The van der Waals surface area contributed by atoms with Crippen molar-refractivity contribution in [1.82, 2.24) is 19.1 Å². The van der Waals surface area contributed by atoms with Crippen molar-refractivity contribution in [2.45, 2.75) is 50.8 Å². The molecular formula is C27H32N10O7S2. The van der Waals surface area contributed by atoms with Crippen LogP contribution in [0.2, 0.25) is 0 Å². The van der Waals surface area contributed by atoms with Gasteiger partial charge in [-0.05, 0) is 19.4 Å². The van der Waals surface area contributed by atoms with Crippen molar-refractivity contribution in [2.75, 3.05) is 18.0 Å². The molecule has 0 radical (unpaired) electrons. The van der Waals surface area contributed by atoms with Crippen LogP contribution < -0.4 is 26.9 Å². The maximum absolute atomic E-state index is 13.4. The van der Waals surface area contributed by atoms with Crippen LogP contribution in [0.4, 0.5) is 5.13 Å². The number of rotatable bonds is 14. The predicted octanol–water partition coefficient (Wildman–Crippen LogP) is -1.49. The number of amides is 1. The van der Waals surface area contributed by atoms with Crippen molar-refractivity contribution >= 4 is 69.2 Å². The minimum absolute atomic E-state index is 0.0351. The number of thioether (sulfide) groups is 1. The number of nitrogens with zero attached hydrogens (tertiary/aromatic N) is 7. The number of carboxylic acid groups (broad SMARTS) is 2. The highest BCUT2D eigenvalue weighted by Crippen LogP contribution is 2.45. The zero-order valence-corrected chi connectivity index (χ0v) is 26.5. The third-order valence-corrected chi connectivity index (χ3v) is 9.53. The number of Topliss-reactive ketones (excluding diaryl/α,β-unsaturated/α-hetero) is 1. The topological polar surface area (TPSA) is 253 Å². The number of aliphatic carboxylic acids is 2. The number of hydrogen-bond donors (Lipinski definition) is 4. The lowest BCUT2D eigenvalue weighted by Gasteiger charge is -2.50. The molecule has 3 aromatic rings. The van der Waals surface area contributed by atoms with Gasteiger partial charge in [-0.1, -0.05) is 5.16 Å². The number of nitrogen functional groups attached to an aromatic ring is 1. The Labute approximate surface area is 270 Å². The SMILES string of the molecule is CC(C)(O/N=C(\C(=O)C[C@@H]1C(=O)N2C(C(=O)[O-])=C(Cn3ccc4n3cc[n+]4CCCN=C(N)N)CS[C@H]12)c1csc(N)n1)C(=O)O. The number of nitrogens with two attached hydrogens (primary N) is 3. The van der Waals surface area contributed by atoms with Gasteiger partial charge in [0.25, 0.3) is 0 Å².